The third-order valence-corrected chi connectivity index (χ3v) is 3.87. The molecule has 0 radical (unpaired) electrons. The molecule has 1 aromatic rings. The van der Waals surface area contributed by atoms with Gasteiger partial charge in [0.2, 0.25) is 5.91 Å². The molecule has 0 aromatic heterocycles. The highest BCUT2D eigenvalue weighted by Crippen LogP contribution is 2.29. The zero-order valence-electron chi connectivity index (χ0n) is 11.9. The van der Waals surface area contributed by atoms with Crippen LogP contribution >= 0.6 is 0 Å². The van der Waals surface area contributed by atoms with Crippen LogP contribution in [0.4, 0.5) is 5.69 Å². The molecule has 100 valence electrons. The number of carbonyl (C=O) groups excluding carboxylic acids is 1. The van der Waals surface area contributed by atoms with Crippen LogP contribution in [0.1, 0.15) is 25.0 Å². The molecule has 0 saturated heterocycles. The predicted molar refractivity (Wildman–Crippen MR) is 74.7 cm³/mol. The van der Waals surface area contributed by atoms with Crippen molar-refractivity contribution < 1.29 is 4.79 Å². The second kappa shape index (κ2) is 4.67. The van der Waals surface area contributed by atoms with E-state index in [4.69, 9.17) is 5.26 Å². The maximum Gasteiger partial charge on any atom is 0.231 e. The van der Waals surface area contributed by atoms with Gasteiger partial charge in [0.25, 0.3) is 0 Å². The van der Waals surface area contributed by atoms with Crippen molar-refractivity contribution in [3.8, 4) is 6.07 Å². The molecule has 0 saturated carbocycles. The van der Waals surface area contributed by atoms with Crippen LogP contribution in [-0.2, 0) is 17.8 Å². The largest absolute Gasteiger partial charge is 0.315 e. The Morgan fingerprint density at radius 1 is 1.47 bits per heavy atom. The molecule has 1 aromatic carbocycles. The Kier molecular flexibility index (Phi) is 3.34. The van der Waals surface area contributed by atoms with Crippen molar-refractivity contribution >= 4 is 11.6 Å². The Morgan fingerprint density at radius 3 is 2.79 bits per heavy atom. The van der Waals surface area contributed by atoms with Crippen molar-refractivity contribution in [3.63, 3.8) is 0 Å². The highest BCUT2D eigenvalue weighted by molar-refractivity contribution is 6.00. The van der Waals surface area contributed by atoms with E-state index in [1.54, 1.807) is 11.9 Å². The summed E-state index contributed by atoms with van der Waals surface area (Å²) in [6.45, 7) is 4.50. The van der Waals surface area contributed by atoms with Crippen molar-refractivity contribution in [1.82, 2.24) is 4.90 Å². The van der Waals surface area contributed by atoms with Crippen LogP contribution < -0.4 is 4.90 Å². The molecular weight excluding hydrogens is 238 g/mol. The number of anilines is 1. The van der Waals surface area contributed by atoms with Crippen LogP contribution in [0.15, 0.2) is 18.2 Å². The summed E-state index contributed by atoms with van der Waals surface area (Å²) in [4.78, 5) is 15.3. The van der Waals surface area contributed by atoms with Crippen molar-refractivity contribution in [2.45, 2.75) is 32.4 Å². The minimum absolute atomic E-state index is 0.137. The average molecular weight is 257 g/mol. The molecule has 0 atom stereocenters. The quantitative estimate of drug-likeness (QED) is 0.831. The van der Waals surface area contributed by atoms with Gasteiger partial charge < -0.3 is 4.90 Å². The van der Waals surface area contributed by atoms with Crippen LogP contribution in [0.3, 0.4) is 0 Å². The molecule has 2 rings (SSSR count). The zero-order valence-corrected chi connectivity index (χ0v) is 11.9. The minimum Gasteiger partial charge on any atom is -0.315 e. The van der Waals surface area contributed by atoms with Gasteiger partial charge in [-0.15, -0.1) is 0 Å². The molecule has 0 bridgehead atoms. The molecule has 4 heteroatoms. The summed E-state index contributed by atoms with van der Waals surface area (Å²) >= 11 is 0. The van der Waals surface area contributed by atoms with Gasteiger partial charge >= 0.3 is 0 Å². The first kappa shape index (κ1) is 13.6. The Bertz CT molecular complexity index is 557. The van der Waals surface area contributed by atoms with Gasteiger partial charge in [-0.1, -0.05) is 12.1 Å². The Hall–Kier alpha value is -1.86. The van der Waals surface area contributed by atoms with Crippen molar-refractivity contribution in [1.29, 1.82) is 5.26 Å². The van der Waals surface area contributed by atoms with Crippen molar-refractivity contribution in [2.24, 2.45) is 0 Å². The highest BCUT2D eigenvalue weighted by Gasteiger charge is 2.26. The number of likely N-dealkylation sites (N-methyl/N-ethyl adjacent to an activating group) is 1. The molecule has 1 heterocycles. The van der Waals surface area contributed by atoms with E-state index >= 15 is 0 Å². The molecule has 0 aliphatic carbocycles. The summed E-state index contributed by atoms with van der Waals surface area (Å²) in [5.74, 6) is 0.137. The van der Waals surface area contributed by atoms with E-state index in [2.05, 4.69) is 12.1 Å². The van der Waals surface area contributed by atoms with Crippen LogP contribution in [0.2, 0.25) is 0 Å². The fraction of sp³-hybridized carbons (Fsp3) is 0.467. The Labute approximate surface area is 114 Å². The van der Waals surface area contributed by atoms with Gasteiger partial charge in [-0.05, 0) is 38.1 Å². The van der Waals surface area contributed by atoms with Crippen LogP contribution in [0, 0.1) is 11.3 Å². The van der Waals surface area contributed by atoms with Crippen LogP contribution in [0.25, 0.3) is 0 Å². The summed E-state index contributed by atoms with van der Waals surface area (Å²) in [6.07, 6.45) is 0.477. The van der Waals surface area contributed by atoms with Crippen molar-refractivity contribution in [2.75, 3.05) is 19.0 Å². The Morgan fingerprint density at radius 2 is 2.16 bits per heavy atom. The standard InChI is InChI=1S/C15H19N3O/c1-15(2,10-16)17(3)9-11-5-6-13-12(7-11)8-14(19)18(13)4/h5-7H,8-9H2,1-4H3. The Balaban J connectivity index is 2.20. The monoisotopic (exact) mass is 257 g/mol. The number of fused-ring (bicyclic) bond motifs is 1. The van der Waals surface area contributed by atoms with Gasteiger partial charge in [-0.25, -0.2) is 0 Å². The van der Waals surface area contributed by atoms with Gasteiger partial charge in [-0.3, -0.25) is 9.69 Å². The lowest BCUT2D eigenvalue weighted by Crippen LogP contribution is -2.39. The molecule has 0 spiro atoms. The van der Waals surface area contributed by atoms with Crippen LogP contribution in [0.5, 0.6) is 0 Å². The predicted octanol–water partition coefficient (Wildman–Crippen LogP) is 1.94. The van der Waals surface area contributed by atoms with E-state index in [1.807, 2.05) is 37.9 Å². The van der Waals surface area contributed by atoms with E-state index in [-0.39, 0.29) is 5.91 Å². The summed E-state index contributed by atoms with van der Waals surface area (Å²) < 4.78 is 0. The normalized spacial score (nSPS) is 14.7. The number of amides is 1. The number of nitriles is 1. The first-order valence-electron chi connectivity index (χ1n) is 6.36. The fourth-order valence-corrected chi connectivity index (χ4v) is 2.18. The number of nitrogens with zero attached hydrogens (tertiary/aromatic N) is 3. The third-order valence-electron chi connectivity index (χ3n) is 3.87. The first-order chi connectivity index (χ1) is 8.85. The zero-order chi connectivity index (χ0) is 14.2. The van der Waals surface area contributed by atoms with Gasteiger partial charge in [-0.2, -0.15) is 5.26 Å². The van der Waals surface area contributed by atoms with E-state index in [9.17, 15) is 4.79 Å². The molecule has 0 fully saturated rings. The van der Waals surface area contributed by atoms with Gasteiger partial charge in [0.05, 0.1) is 12.5 Å². The van der Waals surface area contributed by atoms with Gasteiger partial charge in [0, 0.05) is 19.3 Å². The summed E-state index contributed by atoms with van der Waals surface area (Å²) in [6, 6.07) is 8.38. The molecule has 0 N–H and O–H groups in total. The molecule has 1 aliphatic rings. The third kappa shape index (κ3) is 2.47. The molecule has 4 nitrogen and oxygen atoms in total. The van der Waals surface area contributed by atoms with Gasteiger partial charge in [0.1, 0.15) is 5.54 Å². The van der Waals surface area contributed by atoms with Gasteiger partial charge in [0.15, 0.2) is 0 Å². The van der Waals surface area contributed by atoms with E-state index in [0.29, 0.717) is 13.0 Å². The van der Waals surface area contributed by atoms with E-state index in [0.717, 1.165) is 16.8 Å². The van der Waals surface area contributed by atoms with Crippen LogP contribution in [-0.4, -0.2) is 30.4 Å². The lowest BCUT2D eigenvalue weighted by atomic mass is 10.0. The topological polar surface area (TPSA) is 47.3 Å². The minimum atomic E-state index is -0.494. The average Bonchev–Trinajstić information content (AvgIpc) is 2.64. The molecular formula is C15H19N3O. The molecule has 0 unspecified atom stereocenters. The SMILES string of the molecule is CN1C(=O)Cc2cc(CN(C)C(C)(C)C#N)ccc21. The van der Waals surface area contributed by atoms with E-state index in [1.165, 1.54) is 0 Å². The molecule has 19 heavy (non-hydrogen) atoms. The van der Waals surface area contributed by atoms with E-state index < -0.39 is 5.54 Å². The lowest BCUT2D eigenvalue weighted by molar-refractivity contribution is -0.117. The number of benzene rings is 1. The highest BCUT2D eigenvalue weighted by atomic mass is 16.2. The van der Waals surface area contributed by atoms with Crippen molar-refractivity contribution in [3.05, 3.63) is 29.3 Å². The first-order valence-corrected chi connectivity index (χ1v) is 6.36. The smallest absolute Gasteiger partial charge is 0.231 e. The summed E-state index contributed by atoms with van der Waals surface area (Å²) in [7, 11) is 3.74. The fourth-order valence-electron chi connectivity index (χ4n) is 2.18. The molecule has 1 aliphatic heterocycles. The summed E-state index contributed by atoms with van der Waals surface area (Å²) in [5.41, 5.74) is 2.71. The number of hydrogen-bond acceptors (Lipinski definition) is 3. The second-order valence-electron chi connectivity index (χ2n) is 5.62. The molecule has 1 amide bonds. The second-order valence-corrected chi connectivity index (χ2v) is 5.62. The summed E-state index contributed by atoms with van der Waals surface area (Å²) in [5, 5.41) is 9.12. The maximum atomic E-state index is 11.6. The number of hydrogen-bond donors (Lipinski definition) is 0. The maximum absolute atomic E-state index is 11.6. The lowest BCUT2D eigenvalue weighted by Gasteiger charge is -2.29. The number of rotatable bonds is 3. The number of carbonyl (C=O) groups is 1.